The zero-order valence-corrected chi connectivity index (χ0v) is 10.8. The summed E-state index contributed by atoms with van der Waals surface area (Å²) in [6.07, 6.45) is 2.54. The van der Waals surface area contributed by atoms with Gasteiger partial charge in [-0.3, -0.25) is 0 Å². The van der Waals surface area contributed by atoms with Crippen LogP contribution in [0.1, 0.15) is 0 Å². The van der Waals surface area contributed by atoms with Gasteiger partial charge in [-0.1, -0.05) is 0 Å². The third-order valence-electron chi connectivity index (χ3n) is 2.64. The van der Waals surface area contributed by atoms with Gasteiger partial charge >= 0.3 is 10.1 Å². The van der Waals surface area contributed by atoms with Gasteiger partial charge in [0.15, 0.2) is 6.33 Å². The first-order valence-electron chi connectivity index (χ1n) is 5.60. The normalized spacial score (nSPS) is 11.7. The van der Waals surface area contributed by atoms with E-state index in [4.69, 9.17) is 4.18 Å². The number of nitrogens with zero attached hydrogens (tertiary/aromatic N) is 1. The van der Waals surface area contributed by atoms with E-state index in [1.165, 1.54) is 12.1 Å². The Morgan fingerprint density at radius 3 is 2.65 bits per heavy atom. The van der Waals surface area contributed by atoms with Crippen LogP contribution in [-0.4, -0.2) is 18.4 Å². The summed E-state index contributed by atoms with van der Waals surface area (Å²) in [6.45, 7) is 0. The molecule has 0 aliphatic heterocycles. The summed E-state index contributed by atoms with van der Waals surface area (Å²) in [5, 5.41) is 0. The fourth-order valence-corrected chi connectivity index (χ4v) is 2.61. The zero-order chi connectivity index (χ0) is 14.2. The minimum Gasteiger partial charge on any atom is -0.379 e. The molecule has 1 heterocycles. The number of H-pyrrole nitrogens is 1. The lowest BCUT2D eigenvalue weighted by Gasteiger charge is -2.06. The summed E-state index contributed by atoms with van der Waals surface area (Å²) >= 11 is 0. The molecule has 5 nitrogen and oxygen atoms in total. The van der Waals surface area contributed by atoms with Crippen LogP contribution < -0.4 is 4.18 Å². The van der Waals surface area contributed by atoms with Crippen molar-refractivity contribution < 1.29 is 17.0 Å². The highest BCUT2D eigenvalue weighted by atomic mass is 32.2. The Bertz CT molecular complexity index is 857. The third-order valence-corrected chi connectivity index (χ3v) is 3.91. The maximum Gasteiger partial charge on any atom is 0.339 e. The van der Waals surface area contributed by atoms with Crippen molar-refractivity contribution in [2.75, 3.05) is 0 Å². The topological polar surface area (TPSA) is 72.1 Å². The third kappa shape index (κ3) is 2.35. The standard InChI is InChI=1S/C13H8FN2O3S/c14-9-1-4-11(5-2-9)20(17,18)19-10-3-6-12-13(7-10)16-8-15-12/h1-7H,(H,15,16). The largest absolute Gasteiger partial charge is 0.379 e. The van der Waals surface area contributed by atoms with Crippen LogP contribution in [0.2, 0.25) is 0 Å². The van der Waals surface area contributed by atoms with Crippen molar-refractivity contribution in [3.63, 3.8) is 0 Å². The van der Waals surface area contributed by atoms with Crippen molar-refractivity contribution in [2.24, 2.45) is 0 Å². The maximum atomic E-state index is 12.8. The molecule has 0 spiro atoms. The molecule has 1 aromatic heterocycles. The van der Waals surface area contributed by atoms with Crippen LogP contribution >= 0.6 is 0 Å². The molecule has 2 aromatic carbocycles. The molecular formula is C13H8FN2O3S. The van der Waals surface area contributed by atoms with Crippen LogP contribution in [0.4, 0.5) is 4.39 Å². The van der Waals surface area contributed by atoms with E-state index < -0.39 is 15.9 Å². The number of hydrogen-bond donors (Lipinski definition) is 1. The fourth-order valence-electron chi connectivity index (χ4n) is 1.69. The molecule has 0 saturated carbocycles. The number of aromatic nitrogens is 2. The summed E-state index contributed by atoms with van der Waals surface area (Å²) in [5.74, 6) is -0.389. The van der Waals surface area contributed by atoms with Crippen LogP contribution in [0.3, 0.4) is 0 Å². The summed E-state index contributed by atoms with van der Waals surface area (Å²) in [6, 6.07) is 9.01. The predicted molar refractivity (Wildman–Crippen MR) is 69.1 cm³/mol. The number of benzene rings is 2. The molecule has 0 aliphatic carbocycles. The van der Waals surface area contributed by atoms with E-state index in [1.807, 2.05) is 0 Å². The molecule has 0 saturated heterocycles. The van der Waals surface area contributed by atoms with E-state index in [0.29, 0.717) is 5.52 Å². The minimum absolute atomic E-state index is 0.118. The van der Waals surface area contributed by atoms with Crippen molar-refractivity contribution in [1.29, 1.82) is 0 Å². The molecule has 1 N–H and O–H groups in total. The molecule has 3 aromatic rings. The molecule has 1 radical (unpaired) electrons. The summed E-state index contributed by atoms with van der Waals surface area (Å²) in [4.78, 5) is 6.54. The molecule has 7 heteroatoms. The molecule has 0 unspecified atom stereocenters. The maximum absolute atomic E-state index is 12.8. The second-order valence-electron chi connectivity index (χ2n) is 4.02. The Morgan fingerprint density at radius 2 is 1.90 bits per heavy atom. The first-order valence-corrected chi connectivity index (χ1v) is 7.01. The molecule has 20 heavy (non-hydrogen) atoms. The molecule has 0 bridgehead atoms. The van der Waals surface area contributed by atoms with Crippen LogP contribution in [0.15, 0.2) is 47.4 Å². The number of aromatic amines is 1. The summed E-state index contributed by atoms with van der Waals surface area (Å²) in [5.41, 5.74) is 1.26. The van der Waals surface area contributed by atoms with E-state index in [9.17, 15) is 12.8 Å². The van der Waals surface area contributed by atoms with Crippen LogP contribution in [0.25, 0.3) is 11.0 Å². The Labute approximate surface area is 114 Å². The van der Waals surface area contributed by atoms with Gasteiger partial charge in [0, 0.05) is 6.07 Å². The lowest BCUT2D eigenvalue weighted by Crippen LogP contribution is -2.09. The first kappa shape index (κ1) is 12.6. The number of halogens is 1. The number of nitrogens with one attached hydrogen (secondary N) is 1. The van der Waals surface area contributed by atoms with E-state index in [1.54, 1.807) is 6.07 Å². The Kier molecular flexibility index (Phi) is 2.90. The Hall–Kier alpha value is -2.41. The molecule has 0 amide bonds. The van der Waals surface area contributed by atoms with Gasteiger partial charge in [0.05, 0.1) is 11.0 Å². The van der Waals surface area contributed by atoms with E-state index in [0.717, 1.165) is 29.8 Å². The number of imidazole rings is 1. The average molecular weight is 291 g/mol. The smallest absolute Gasteiger partial charge is 0.339 e. The van der Waals surface area contributed by atoms with Gasteiger partial charge in [-0.25, -0.2) is 9.37 Å². The lowest BCUT2D eigenvalue weighted by atomic mass is 10.3. The SMILES string of the molecule is O=S(=O)(Oc1ccc2[nH][c]nc2c1)c1ccc(F)cc1. The highest BCUT2D eigenvalue weighted by Crippen LogP contribution is 2.22. The highest BCUT2D eigenvalue weighted by Gasteiger charge is 2.17. The van der Waals surface area contributed by atoms with Gasteiger partial charge in [-0.15, -0.1) is 0 Å². The van der Waals surface area contributed by atoms with Crippen molar-refractivity contribution in [3.8, 4) is 5.75 Å². The number of rotatable bonds is 3. The molecule has 0 atom stereocenters. The first-order chi connectivity index (χ1) is 9.54. The zero-order valence-electron chi connectivity index (χ0n) is 10.00. The van der Waals surface area contributed by atoms with E-state index in [2.05, 4.69) is 16.3 Å². The molecular weight excluding hydrogens is 283 g/mol. The lowest BCUT2D eigenvalue weighted by molar-refractivity contribution is 0.486. The molecule has 0 fully saturated rings. The van der Waals surface area contributed by atoms with Crippen molar-refractivity contribution in [3.05, 3.63) is 54.6 Å². The van der Waals surface area contributed by atoms with Gasteiger partial charge in [0.2, 0.25) is 0 Å². The number of fused-ring (bicyclic) bond motifs is 1. The second-order valence-corrected chi connectivity index (χ2v) is 5.57. The van der Waals surface area contributed by atoms with Gasteiger partial charge in [0.1, 0.15) is 16.5 Å². The van der Waals surface area contributed by atoms with E-state index in [-0.39, 0.29) is 10.6 Å². The van der Waals surface area contributed by atoms with Gasteiger partial charge < -0.3 is 9.17 Å². The Balaban J connectivity index is 1.94. The predicted octanol–water partition coefficient (Wildman–Crippen LogP) is 2.27. The number of hydrogen-bond acceptors (Lipinski definition) is 4. The summed E-state index contributed by atoms with van der Waals surface area (Å²) in [7, 11) is -4.00. The van der Waals surface area contributed by atoms with Crippen LogP contribution in [0, 0.1) is 12.1 Å². The van der Waals surface area contributed by atoms with Crippen molar-refractivity contribution in [1.82, 2.24) is 9.97 Å². The quantitative estimate of drug-likeness (QED) is 0.751. The van der Waals surface area contributed by atoms with Crippen LogP contribution in [-0.2, 0) is 10.1 Å². The van der Waals surface area contributed by atoms with Crippen LogP contribution in [0.5, 0.6) is 5.75 Å². The van der Waals surface area contributed by atoms with E-state index >= 15 is 0 Å². The fraction of sp³-hybridized carbons (Fsp3) is 0. The average Bonchev–Trinajstić information content (AvgIpc) is 2.86. The Morgan fingerprint density at radius 1 is 1.15 bits per heavy atom. The van der Waals surface area contributed by atoms with Gasteiger partial charge in [0.25, 0.3) is 0 Å². The van der Waals surface area contributed by atoms with Gasteiger partial charge in [-0.2, -0.15) is 8.42 Å². The summed E-state index contributed by atoms with van der Waals surface area (Å²) < 4.78 is 41.8. The molecule has 3 rings (SSSR count). The molecule has 101 valence electrons. The van der Waals surface area contributed by atoms with Gasteiger partial charge in [-0.05, 0) is 36.4 Å². The monoisotopic (exact) mass is 291 g/mol. The minimum atomic E-state index is -4.00. The highest BCUT2D eigenvalue weighted by molar-refractivity contribution is 7.87. The molecule has 0 aliphatic rings. The van der Waals surface area contributed by atoms with Crippen molar-refractivity contribution >= 4 is 21.2 Å². The second kappa shape index (κ2) is 4.61. The van der Waals surface area contributed by atoms with Crippen molar-refractivity contribution in [2.45, 2.75) is 4.90 Å².